The molecule has 132 valence electrons. The van der Waals surface area contributed by atoms with Gasteiger partial charge in [-0.2, -0.15) is 0 Å². The summed E-state index contributed by atoms with van der Waals surface area (Å²) in [5, 5.41) is 11.4. The molecule has 0 spiro atoms. The average molecular weight is 344 g/mol. The summed E-state index contributed by atoms with van der Waals surface area (Å²) in [4.78, 5) is 35.9. The highest BCUT2D eigenvalue weighted by Crippen LogP contribution is 2.07. The lowest BCUT2D eigenvalue weighted by Crippen LogP contribution is -2.40. The number of aromatic carboxylic acids is 1. The minimum Gasteiger partial charge on any atom is -0.475 e. The van der Waals surface area contributed by atoms with Crippen molar-refractivity contribution >= 4 is 17.8 Å². The van der Waals surface area contributed by atoms with Gasteiger partial charge in [-0.25, -0.2) is 4.79 Å². The van der Waals surface area contributed by atoms with Gasteiger partial charge in [0.05, 0.1) is 13.1 Å². The minimum atomic E-state index is -1.17. The molecule has 1 aromatic carbocycles. The van der Waals surface area contributed by atoms with Crippen LogP contribution in [0.3, 0.4) is 0 Å². The van der Waals surface area contributed by atoms with Crippen LogP contribution >= 0.6 is 0 Å². The number of benzene rings is 1. The topological polar surface area (TPSA) is 99.9 Å². The first kappa shape index (κ1) is 18.3. The molecule has 25 heavy (non-hydrogen) atoms. The van der Waals surface area contributed by atoms with Crippen LogP contribution in [0.4, 0.5) is 0 Å². The Bertz CT molecular complexity index is 739. The first-order valence-electron chi connectivity index (χ1n) is 7.84. The maximum Gasteiger partial charge on any atom is 0.371 e. The fraction of sp³-hybridized carbons (Fsp3) is 0.278. The largest absolute Gasteiger partial charge is 0.475 e. The monoisotopic (exact) mass is 344 g/mol. The number of amides is 2. The number of furan rings is 1. The van der Waals surface area contributed by atoms with E-state index in [2.05, 4.69) is 5.32 Å². The van der Waals surface area contributed by atoms with E-state index in [9.17, 15) is 14.4 Å². The molecule has 0 saturated heterocycles. The van der Waals surface area contributed by atoms with Crippen LogP contribution in [0.25, 0.3) is 0 Å². The summed E-state index contributed by atoms with van der Waals surface area (Å²) in [6.07, 6.45) is 0.661. The lowest BCUT2D eigenvalue weighted by molar-refractivity contribution is -0.134. The maximum absolute atomic E-state index is 12.0. The van der Waals surface area contributed by atoms with E-state index in [-0.39, 0.29) is 30.7 Å². The van der Waals surface area contributed by atoms with Gasteiger partial charge in [0.15, 0.2) is 0 Å². The van der Waals surface area contributed by atoms with Gasteiger partial charge in [-0.15, -0.1) is 0 Å². The highest BCUT2D eigenvalue weighted by atomic mass is 16.4. The summed E-state index contributed by atoms with van der Waals surface area (Å²) in [6.45, 7) is 1.87. The Labute approximate surface area is 145 Å². The number of nitrogens with one attached hydrogen (secondary N) is 1. The third-order valence-electron chi connectivity index (χ3n) is 3.63. The molecule has 2 aromatic rings. The van der Waals surface area contributed by atoms with Crippen LogP contribution in [-0.2, 0) is 22.6 Å². The number of hydrogen-bond acceptors (Lipinski definition) is 4. The van der Waals surface area contributed by atoms with E-state index in [0.717, 1.165) is 5.56 Å². The van der Waals surface area contributed by atoms with Gasteiger partial charge in [-0.1, -0.05) is 30.3 Å². The lowest BCUT2D eigenvalue weighted by Gasteiger charge is -2.20. The quantitative estimate of drug-likeness (QED) is 0.759. The van der Waals surface area contributed by atoms with Crippen LogP contribution < -0.4 is 5.32 Å². The Morgan fingerprint density at radius 3 is 2.44 bits per heavy atom. The molecule has 0 atom stereocenters. The number of carbonyl (C=O) groups is 3. The second-order valence-corrected chi connectivity index (χ2v) is 5.52. The molecular formula is C18H20N2O5. The molecule has 7 nitrogen and oxygen atoms in total. The lowest BCUT2D eigenvalue weighted by atomic mass is 10.1. The molecule has 7 heteroatoms. The molecule has 1 heterocycles. The van der Waals surface area contributed by atoms with Crippen LogP contribution in [0, 0.1) is 0 Å². The van der Waals surface area contributed by atoms with Crippen molar-refractivity contribution in [3.05, 3.63) is 59.5 Å². The van der Waals surface area contributed by atoms with Gasteiger partial charge in [0.25, 0.3) is 0 Å². The smallest absolute Gasteiger partial charge is 0.371 e. The van der Waals surface area contributed by atoms with Gasteiger partial charge in [-0.05, 0) is 24.1 Å². The summed E-state index contributed by atoms with van der Waals surface area (Å²) in [7, 11) is 0. The van der Waals surface area contributed by atoms with Crippen molar-refractivity contribution in [2.45, 2.75) is 19.9 Å². The molecule has 2 rings (SSSR count). The zero-order valence-electron chi connectivity index (χ0n) is 13.9. The summed E-state index contributed by atoms with van der Waals surface area (Å²) < 4.78 is 5.06. The number of carbonyl (C=O) groups excluding carboxylic acids is 2. The van der Waals surface area contributed by atoms with Gasteiger partial charge in [-0.3, -0.25) is 9.59 Å². The zero-order chi connectivity index (χ0) is 18.2. The molecule has 0 aliphatic rings. The highest BCUT2D eigenvalue weighted by Gasteiger charge is 2.14. The van der Waals surface area contributed by atoms with Gasteiger partial charge in [0.1, 0.15) is 5.76 Å². The fourth-order valence-electron chi connectivity index (χ4n) is 2.26. The van der Waals surface area contributed by atoms with Gasteiger partial charge in [0, 0.05) is 13.5 Å². The van der Waals surface area contributed by atoms with E-state index >= 15 is 0 Å². The normalized spacial score (nSPS) is 10.3. The van der Waals surface area contributed by atoms with Gasteiger partial charge >= 0.3 is 5.97 Å². The van der Waals surface area contributed by atoms with Crippen molar-refractivity contribution in [2.24, 2.45) is 0 Å². The third kappa shape index (κ3) is 5.80. The first-order chi connectivity index (χ1) is 12.0. The Hall–Kier alpha value is -3.09. The predicted octanol–water partition coefficient (Wildman–Crippen LogP) is 1.69. The second-order valence-electron chi connectivity index (χ2n) is 5.52. The Morgan fingerprint density at radius 1 is 1.12 bits per heavy atom. The summed E-state index contributed by atoms with van der Waals surface area (Å²) in [6, 6.07) is 12.5. The summed E-state index contributed by atoms with van der Waals surface area (Å²) in [5.74, 6) is -1.53. The van der Waals surface area contributed by atoms with Crippen molar-refractivity contribution in [2.75, 3.05) is 13.1 Å². The maximum atomic E-state index is 12.0. The molecule has 0 aliphatic carbocycles. The molecule has 2 N–H and O–H groups in total. The highest BCUT2D eigenvalue weighted by molar-refractivity contribution is 5.84. The Kier molecular flexibility index (Phi) is 6.33. The molecule has 0 radical (unpaired) electrons. The minimum absolute atomic E-state index is 0.0609. The van der Waals surface area contributed by atoms with Crippen molar-refractivity contribution in [1.29, 1.82) is 0 Å². The van der Waals surface area contributed by atoms with Crippen LogP contribution in [0.15, 0.2) is 46.9 Å². The molecule has 2 amide bonds. The molecule has 0 aliphatic heterocycles. The van der Waals surface area contributed by atoms with Crippen molar-refractivity contribution < 1.29 is 23.9 Å². The molecular weight excluding hydrogens is 324 g/mol. The van der Waals surface area contributed by atoms with Crippen molar-refractivity contribution in [3.63, 3.8) is 0 Å². The SMILES string of the molecule is CC(=O)N(CCc1ccccc1)CC(=O)NCc1ccc(C(=O)O)o1. The molecule has 0 unspecified atom stereocenters. The Morgan fingerprint density at radius 2 is 1.84 bits per heavy atom. The first-order valence-corrected chi connectivity index (χ1v) is 7.84. The number of hydrogen-bond donors (Lipinski definition) is 2. The molecule has 0 bridgehead atoms. The number of rotatable bonds is 8. The van der Waals surface area contributed by atoms with E-state index in [1.54, 1.807) is 0 Å². The second kappa shape index (κ2) is 8.68. The van der Waals surface area contributed by atoms with Crippen LogP contribution in [0.5, 0.6) is 0 Å². The zero-order valence-corrected chi connectivity index (χ0v) is 13.9. The van der Waals surface area contributed by atoms with Crippen molar-refractivity contribution in [1.82, 2.24) is 10.2 Å². The predicted molar refractivity (Wildman–Crippen MR) is 89.9 cm³/mol. The Balaban J connectivity index is 1.82. The molecule has 0 saturated carbocycles. The number of carboxylic acids is 1. The molecule has 1 aromatic heterocycles. The van der Waals surface area contributed by atoms with E-state index in [4.69, 9.17) is 9.52 Å². The van der Waals surface area contributed by atoms with Crippen LogP contribution in [0.1, 0.15) is 28.8 Å². The average Bonchev–Trinajstić information content (AvgIpc) is 3.07. The summed E-state index contributed by atoms with van der Waals surface area (Å²) in [5.41, 5.74) is 1.09. The summed E-state index contributed by atoms with van der Waals surface area (Å²) >= 11 is 0. The van der Waals surface area contributed by atoms with Gasteiger partial charge in [0.2, 0.25) is 17.6 Å². The van der Waals surface area contributed by atoms with Crippen LogP contribution in [-0.4, -0.2) is 40.9 Å². The van der Waals surface area contributed by atoms with Crippen LogP contribution in [0.2, 0.25) is 0 Å². The molecule has 0 fully saturated rings. The van der Waals surface area contributed by atoms with E-state index in [1.807, 2.05) is 30.3 Å². The fourth-order valence-corrected chi connectivity index (χ4v) is 2.26. The van der Waals surface area contributed by atoms with Gasteiger partial charge < -0.3 is 19.7 Å². The number of nitrogens with zero attached hydrogens (tertiary/aromatic N) is 1. The standard InChI is InChI=1S/C18H20N2O5/c1-13(21)20(10-9-14-5-3-2-4-6-14)12-17(22)19-11-15-7-8-16(25-15)18(23)24/h2-8H,9-12H2,1H3,(H,19,22)(H,23,24). The van der Waals surface area contributed by atoms with Crippen molar-refractivity contribution in [3.8, 4) is 0 Å². The number of carboxylic acid groups (broad SMARTS) is 1. The third-order valence-corrected chi connectivity index (χ3v) is 3.63. The van der Waals surface area contributed by atoms with E-state index < -0.39 is 5.97 Å². The van der Waals surface area contributed by atoms with E-state index in [1.165, 1.54) is 24.0 Å². The van der Waals surface area contributed by atoms with E-state index in [0.29, 0.717) is 18.7 Å².